The maximum atomic E-state index is 14.2. The summed E-state index contributed by atoms with van der Waals surface area (Å²) in [6.07, 6.45) is 1.73. The molecule has 0 bridgehead atoms. The molecule has 0 spiro atoms. The van der Waals surface area contributed by atoms with Gasteiger partial charge in [0.2, 0.25) is 5.56 Å². The van der Waals surface area contributed by atoms with Crippen LogP contribution >= 0.6 is 0 Å². The molecule has 0 amide bonds. The first-order valence-electron chi connectivity index (χ1n) is 8.41. The Morgan fingerprint density at radius 2 is 1.96 bits per heavy atom. The van der Waals surface area contributed by atoms with E-state index in [0.717, 1.165) is 12.1 Å². The zero-order valence-corrected chi connectivity index (χ0v) is 14.6. The fraction of sp³-hybridized carbons (Fsp3) is 0.150. The summed E-state index contributed by atoms with van der Waals surface area (Å²) in [5.74, 6) is -2.79. The highest BCUT2D eigenvalue weighted by Gasteiger charge is 2.25. The van der Waals surface area contributed by atoms with Crippen LogP contribution in [-0.2, 0) is 0 Å². The van der Waals surface area contributed by atoms with E-state index in [-0.39, 0.29) is 22.4 Å². The van der Waals surface area contributed by atoms with E-state index in [1.165, 1.54) is 6.07 Å². The number of carbonyl (C=O) groups excluding carboxylic acids is 1. The molecule has 27 heavy (non-hydrogen) atoms. The van der Waals surface area contributed by atoms with Crippen molar-refractivity contribution in [3.63, 3.8) is 0 Å². The predicted molar refractivity (Wildman–Crippen MR) is 97.2 cm³/mol. The van der Waals surface area contributed by atoms with Crippen LogP contribution in [0.15, 0.2) is 47.4 Å². The lowest BCUT2D eigenvalue weighted by molar-refractivity contribution is 0.104. The number of halogens is 2. The summed E-state index contributed by atoms with van der Waals surface area (Å²) in [6, 6.07) is 8.66. The largest absolute Gasteiger partial charge is 0.319 e. The molecule has 5 nitrogen and oxygen atoms in total. The van der Waals surface area contributed by atoms with Crippen LogP contribution in [0.25, 0.3) is 16.4 Å². The molecule has 0 saturated carbocycles. The number of benzene rings is 1. The molecule has 4 rings (SSSR count). The van der Waals surface area contributed by atoms with Crippen molar-refractivity contribution in [2.24, 2.45) is 0 Å². The molecule has 0 saturated heterocycles. The van der Waals surface area contributed by atoms with Crippen LogP contribution in [0.1, 0.15) is 41.4 Å². The molecule has 0 atom stereocenters. The lowest BCUT2D eigenvalue weighted by Gasteiger charge is -2.09. The van der Waals surface area contributed by atoms with Crippen molar-refractivity contribution in [1.29, 1.82) is 0 Å². The third-order valence-electron chi connectivity index (χ3n) is 4.49. The molecule has 0 radical (unpaired) electrons. The molecule has 1 N–H and O–H groups in total. The summed E-state index contributed by atoms with van der Waals surface area (Å²) in [5, 5.41) is 4.61. The van der Waals surface area contributed by atoms with Crippen LogP contribution in [0, 0.1) is 11.6 Å². The van der Waals surface area contributed by atoms with Crippen LogP contribution in [0.5, 0.6) is 0 Å². The topological polar surface area (TPSA) is 67.2 Å². The fourth-order valence-corrected chi connectivity index (χ4v) is 3.24. The summed E-state index contributed by atoms with van der Waals surface area (Å²) < 4.78 is 29.3. The highest BCUT2D eigenvalue weighted by atomic mass is 19.2. The monoisotopic (exact) mass is 367 g/mol. The third-order valence-corrected chi connectivity index (χ3v) is 4.49. The van der Waals surface area contributed by atoms with E-state index in [0.29, 0.717) is 16.8 Å². The number of hydrogen-bond donors (Lipinski definition) is 1. The number of pyridine rings is 2. The summed E-state index contributed by atoms with van der Waals surface area (Å²) in [6.45, 7) is 3.81. The minimum Gasteiger partial charge on any atom is -0.319 e. The molecule has 0 aliphatic carbocycles. The van der Waals surface area contributed by atoms with E-state index < -0.39 is 23.0 Å². The second-order valence-corrected chi connectivity index (χ2v) is 6.61. The second kappa shape index (κ2) is 6.12. The van der Waals surface area contributed by atoms with Gasteiger partial charge in [-0.3, -0.25) is 9.59 Å². The number of ketones is 1. The van der Waals surface area contributed by atoms with Crippen molar-refractivity contribution in [2.45, 2.75) is 19.8 Å². The number of hydrogen-bond acceptors (Lipinski definition) is 3. The maximum absolute atomic E-state index is 14.2. The highest BCUT2D eigenvalue weighted by molar-refractivity contribution is 6.19. The van der Waals surface area contributed by atoms with Gasteiger partial charge >= 0.3 is 0 Å². The Hall–Kier alpha value is -3.35. The highest BCUT2D eigenvalue weighted by Crippen LogP contribution is 2.28. The number of fused-ring (bicyclic) bond motifs is 2. The number of rotatable bonds is 3. The molecule has 0 fully saturated rings. The molecule has 3 aromatic heterocycles. The Bertz CT molecular complexity index is 1270. The average Bonchev–Trinajstić information content (AvgIpc) is 3.04. The lowest BCUT2D eigenvalue weighted by Crippen LogP contribution is -2.14. The van der Waals surface area contributed by atoms with Gasteiger partial charge in [-0.1, -0.05) is 19.9 Å². The lowest BCUT2D eigenvalue weighted by atomic mass is 9.95. The Balaban J connectivity index is 2.05. The standard InChI is InChI=1S/C20H15F2N3O2/c1-10(2)18-16(14-5-3-4-8-25(14)24-18)20(27)12-9-15(26)23-19-11(12)6-7-13(21)17(19)22/h3-10H,1-2H3,(H,23,26). The van der Waals surface area contributed by atoms with E-state index in [1.807, 2.05) is 13.8 Å². The van der Waals surface area contributed by atoms with Crippen LogP contribution < -0.4 is 5.56 Å². The van der Waals surface area contributed by atoms with Crippen LogP contribution in [-0.4, -0.2) is 20.4 Å². The SMILES string of the molecule is CC(C)c1nn2ccccc2c1C(=O)c1cc(=O)[nH]c2c(F)c(F)ccc12. The minimum atomic E-state index is -1.19. The van der Waals surface area contributed by atoms with Gasteiger partial charge in [-0.15, -0.1) is 0 Å². The first kappa shape index (κ1) is 17.1. The van der Waals surface area contributed by atoms with E-state index in [4.69, 9.17) is 0 Å². The van der Waals surface area contributed by atoms with Crippen LogP contribution in [0.4, 0.5) is 8.78 Å². The van der Waals surface area contributed by atoms with Gasteiger partial charge in [0.1, 0.15) is 0 Å². The van der Waals surface area contributed by atoms with E-state index >= 15 is 0 Å². The number of carbonyl (C=O) groups is 1. The van der Waals surface area contributed by atoms with E-state index in [1.54, 1.807) is 28.9 Å². The molecule has 7 heteroatoms. The Labute approximate surface area is 152 Å². The molecular weight excluding hydrogens is 352 g/mol. The average molecular weight is 367 g/mol. The number of aromatic nitrogens is 3. The summed E-state index contributed by atoms with van der Waals surface area (Å²) in [4.78, 5) is 27.7. The number of aromatic amines is 1. The van der Waals surface area contributed by atoms with Gasteiger partial charge in [0.15, 0.2) is 17.4 Å². The molecule has 0 aliphatic heterocycles. The first-order chi connectivity index (χ1) is 12.9. The first-order valence-corrected chi connectivity index (χ1v) is 8.41. The quantitative estimate of drug-likeness (QED) is 0.560. The Morgan fingerprint density at radius 3 is 2.70 bits per heavy atom. The van der Waals surface area contributed by atoms with Crippen molar-refractivity contribution >= 4 is 22.2 Å². The van der Waals surface area contributed by atoms with Crippen molar-refractivity contribution in [3.8, 4) is 0 Å². The van der Waals surface area contributed by atoms with Crippen molar-refractivity contribution in [2.75, 3.05) is 0 Å². The van der Waals surface area contributed by atoms with Gasteiger partial charge in [0.25, 0.3) is 0 Å². The molecule has 0 aliphatic rings. The number of nitrogens with zero attached hydrogens (tertiary/aromatic N) is 2. The smallest absolute Gasteiger partial charge is 0.249 e. The molecule has 1 aromatic carbocycles. The Morgan fingerprint density at radius 1 is 1.19 bits per heavy atom. The fourth-order valence-electron chi connectivity index (χ4n) is 3.24. The number of nitrogens with one attached hydrogen (secondary N) is 1. The molecule has 136 valence electrons. The zero-order chi connectivity index (χ0) is 19.3. The normalized spacial score (nSPS) is 11.6. The number of H-pyrrole nitrogens is 1. The van der Waals surface area contributed by atoms with Crippen molar-refractivity contribution < 1.29 is 13.6 Å². The van der Waals surface area contributed by atoms with Gasteiger partial charge in [0, 0.05) is 23.2 Å². The van der Waals surface area contributed by atoms with Gasteiger partial charge in [-0.05, 0) is 30.2 Å². The molecule has 0 unspecified atom stereocenters. The predicted octanol–water partition coefficient (Wildman–Crippen LogP) is 3.81. The minimum absolute atomic E-state index is 0.00769. The third kappa shape index (κ3) is 2.63. The van der Waals surface area contributed by atoms with E-state index in [2.05, 4.69) is 10.1 Å². The summed E-state index contributed by atoms with van der Waals surface area (Å²) in [5.41, 5.74) is 0.506. The molecular formula is C20H15F2N3O2. The Kier molecular flexibility index (Phi) is 3.87. The molecule has 4 aromatic rings. The summed E-state index contributed by atoms with van der Waals surface area (Å²) in [7, 11) is 0. The van der Waals surface area contributed by atoms with Crippen molar-refractivity contribution in [1.82, 2.24) is 14.6 Å². The van der Waals surface area contributed by atoms with Crippen molar-refractivity contribution in [3.05, 3.63) is 81.4 Å². The van der Waals surface area contributed by atoms with Crippen LogP contribution in [0.2, 0.25) is 0 Å². The van der Waals surface area contributed by atoms with Gasteiger partial charge in [0.05, 0.1) is 22.3 Å². The second-order valence-electron chi connectivity index (χ2n) is 6.61. The van der Waals surface area contributed by atoms with Gasteiger partial charge < -0.3 is 4.98 Å². The van der Waals surface area contributed by atoms with E-state index in [9.17, 15) is 18.4 Å². The summed E-state index contributed by atoms with van der Waals surface area (Å²) >= 11 is 0. The van der Waals surface area contributed by atoms with Gasteiger partial charge in [-0.25, -0.2) is 13.3 Å². The zero-order valence-electron chi connectivity index (χ0n) is 14.6. The molecule has 3 heterocycles. The van der Waals surface area contributed by atoms with Crippen LogP contribution in [0.3, 0.4) is 0 Å². The van der Waals surface area contributed by atoms with Gasteiger partial charge in [-0.2, -0.15) is 5.10 Å². The maximum Gasteiger partial charge on any atom is 0.249 e.